The lowest BCUT2D eigenvalue weighted by Gasteiger charge is -2.42. The number of anilines is 1. The smallest absolute Gasteiger partial charge is 0.253 e. The first-order valence-corrected chi connectivity index (χ1v) is 13.8. The van der Waals surface area contributed by atoms with E-state index in [1.807, 2.05) is 37.8 Å². The van der Waals surface area contributed by atoms with Gasteiger partial charge < -0.3 is 20.5 Å². The summed E-state index contributed by atoms with van der Waals surface area (Å²) in [6.07, 6.45) is 6.68. The van der Waals surface area contributed by atoms with E-state index in [0.29, 0.717) is 22.1 Å². The molecule has 0 unspecified atom stereocenters. The summed E-state index contributed by atoms with van der Waals surface area (Å²) in [6, 6.07) is 5.45. The standard InChI is InChI=1S/C29H39ClN4O3/c1-5-29(10-8-21(9-11-29)28(37)34-12-6-7-13-34)33-25-16-22(30)15-23(20(25)4)26(35)31-17-24-18(2)14-19(3)32-27(24)36/h14-16,21,33H,5-13,17H2,1-4H3,(H,31,35)(H,32,36). The number of H-pyrrole nitrogens is 1. The fourth-order valence-corrected chi connectivity index (χ4v) is 6.09. The average Bonchev–Trinajstić information content (AvgIpc) is 3.40. The van der Waals surface area contributed by atoms with E-state index in [4.69, 9.17) is 11.6 Å². The zero-order valence-corrected chi connectivity index (χ0v) is 23.2. The number of nitrogens with one attached hydrogen (secondary N) is 3. The van der Waals surface area contributed by atoms with Crippen LogP contribution in [0, 0.1) is 26.7 Å². The van der Waals surface area contributed by atoms with E-state index in [1.54, 1.807) is 6.07 Å². The van der Waals surface area contributed by atoms with E-state index in [9.17, 15) is 14.4 Å². The highest BCUT2D eigenvalue weighted by molar-refractivity contribution is 6.31. The Morgan fingerprint density at radius 2 is 1.78 bits per heavy atom. The van der Waals surface area contributed by atoms with Crippen molar-refractivity contribution in [3.05, 3.63) is 61.5 Å². The van der Waals surface area contributed by atoms with Crippen LogP contribution in [0.25, 0.3) is 0 Å². The topological polar surface area (TPSA) is 94.3 Å². The van der Waals surface area contributed by atoms with Crippen molar-refractivity contribution in [1.82, 2.24) is 15.2 Å². The number of pyridine rings is 1. The molecular weight excluding hydrogens is 488 g/mol. The molecule has 1 saturated heterocycles. The molecule has 7 nitrogen and oxygen atoms in total. The Bertz CT molecular complexity index is 1220. The zero-order valence-electron chi connectivity index (χ0n) is 22.4. The van der Waals surface area contributed by atoms with Crippen molar-refractivity contribution in [3.63, 3.8) is 0 Å². The molecular formula is C29H39ClN4O3. The van der Waals surface area contributed by atoms with Crippen LogP contribution in [-0.4, -0.2) is 40.3 Å². The van der Waals surface area contributed by atoms with E-state index in [1.165, 1.54) is 0 Å². The molecule has 1 aliphatic heterocycles. The number of halogens is 1. The van der Waals surface area contributed by atoms with E-state index in [-0.39, 0.29) is 29.5 Å². The Balaban J connectivity index is 1.47. The highest BCUT2D eigenvalue weighted by Crippen LogP contribution is 2.39. The molecule has 3 N–H and O–H groups in total. The van der Waals surface area contributed by atoms with Gasteiger partial charge in [0.15, 0.2) is 0 Å². The molecule has 1 aromatic heterocycles. The molecule has 200 valence electrons. The Labute approximate surface area is 224 Å². The van der Waals surface area contributed by atoms with E-state index >= 15 is 0 Å². The van der Waals surface area contributed by atoms with Gasteiger partial charge in [0, 0.05) is 58.6 Å². The van der Waals surface area contributed by atoms with Gasteiger partial charge in [-0.1, -0.05) is 18.5 Å². The van der Waals surface area contributed by atoms with Crippen LogP contribution in [0.1, 0.15) is 84.6 Å². The highest BCUT2D eigenvalue weighted by atomic mass is 35.5. The van der Waals surface area contributed by atoms with Gasteiger partial charge >= 0.3 is 0 Å². The Hall–Kier alpha value is -2.80. The minimum atomic E-state index is -0.270. The Morgan fingerprint density at radius 1 is 1.11 bits per heavy atom. The van der Waals surface area contributed by atoms with Crippen molar-refractivity contribution in [3.8, 4) is 0 Å². The van der Waals surface area contributed by atoms with Crippen molar-refractivity contribution < 1.29 is 9.59 Å². The van der Waals surface area contributed by atoms with Gasteiger partial charge in [0.1, 0.15) is 0 Å². The number of rotatable bonds is 7. The minimum absolute atomic E-state index is 0.106. The summed E-state index contributed by atoms with van der Waals surface area (Å²) in [5, 5.41) is 7.11. The number of benzene rings is 1. The molecule has 37 heavy (non-hydrogen) atoms. The molecule has 1 aliphatic carbocycles. The first-order chi connectivity index (χ1) is 17.6. The first kappa shape index (κ1) is 27.2. The SMILES string of the molecule is CCC1(Nc2cc(Cl)cc(C(=O)NCc3c(C)cc(C)[nH]c3=O)c2C)CCC(C(=O)N2CCCC2)CC1. The normalized spacial score (nSPS) is 21.6. The van der Waals surface area contributed by atoms with Gasteiger partial charge in [0.25, 0.3) is 11.5 Å². The maximum Gasteiger partial charge on any atom is 0.253 e. The molecule has 0 bridgehead atoms. The van der Waals surface area contributed by atoms with Gasteiger partial charge in [0.05, 0.1) is 0 Å². The molecule has 2 aliphatic rings. The van der Waals surface area contributed by atoms with Crippen molar-refractivity contribution in [2.75, 3.05) is 18.4 Å². The van der Waals surface area contributed by atoms with Crippen molar-refractivity contribution in [1.29, 1.82) is 0 Å². The molecule has 4 rings (SSSR count). The molecule has 2 aromatic rings. The van der Waals surface area contributed by atoms with Crippen molar-refractivity contribution >= 4 is 29.1 Å². The number of carbonyl (C=O) groups is 2. The van der Waals surface area contributed by atoms with Crippen LogP contribution in [-0.2, 0) is 11.3 Å². The second kappa shape index (κ2) is 11.3. The van der Waals surface area contributed by atoms with Gasteiger partial charge in [-0.15, -0.1) is 0 Å². The molecule has 0 atom stereocenters. The van der Waals surface area contributed by atoms with Crippen molar-refractivity contribution in [2.45, 2.75) is 84.7 Å². The summed E-state index contributed by atoms with van der Waals surface area (Å²) in [5.41, 5.74) is 3.99. The van der Waals surface area contributed by atoms with Gasteiger partial charge in [-0.2, -0.15) is 0 Å². The summed E-state index contributed by atoms with van der Waals surface area (Å²) in [6.45, 7) is 9.73. The number of hydrogen-bond acceptors (Lipinski definition) is 4. The maximum atomic E-state index is 13.2. The third-order valence-corrected chi connectivity index (χ3v) is 8.54. The minimum Gasteiger partial charge on any atom is -0.379 e. The Morgan fingerprint density at radius 3 is 2.41 bits per heavy atom. The summed E-state index contributed by atoms with van der Waals surface area (Å²) in [7, 11) is 0. The van der Waals surface area contributed by atoms with E-state index in [2.05, 4.69) is 22.5 Å². The summed E-state index contributed by atoms with van der Waals surface area (Å²) < 4.78 is 0. The highest BCUT2D eigenvalue weighted by Gasteiger charge is 2.38. The Kier molecular flexibility index (Phi) is 8.32. The van der Waals surface area contributed by atoms with Crippen LogP contribution in [0.5, 0.6) is 0 Å². The summed E-state index contributed by atoms with van der Waals surface area (Å²) in [4.78, 5) is 43.3. The number of aromatic amines is 1. The fourth-order valence-electron chi connectivity index (χ4n) is 5.88. The average molecular weight is 527 g/mol. The number of aryl methyl sites for hydroxylation is 2. The number of hydrogen-bond donors (Lipinski definition) is 3. The third-order valence-electron chi connectivity index (χ3n) is 8.32. The number of likely N-dealkylation sites (tertiary alicyclic amines) is 1. The fraction of sp³-hybridized carbons (Fsp3) is 0.552. The second-order valence-corrected chi connectivity index (χ2v) is 11.3. The van der Waals surface area contributed by atoms with Crippen LogP contribution < -0.4 is 16.2 Å². The number of nitrogens with zero attached hydrogens (tertiary/aromatic N) is 1. The van der Waals surface area contributed by atoms with Crippen LogP contribution in [0.2, 0.25) is 5.02 Å². The van der Waals surface area contributed by atoms with Gasteiger partial charge in [-0.3, -0.25) is 14.4 Å². The largest absolute Gasteiger partial charge is 0.379 e. The predicted octanol–water partition coefficient (Wildman–Crippen LogP) is 5.26. The summed E-state index contributed by atoms with van der Waals surface area (Å²) in [5.74, 6) is 0.158. The molecule has 0 radical (unpaired) electrons. The number of aromatic nitrogens is 1. The van der Waals surface area contributed by atoms with Crippen molar-refractivity contribution in [2.24, 2.45) is 5.92 Å². The van der Waals surface area contributed by atoms with Gasteiger partial charge in [-0.05, 0) is 95.0 Å². The molecule has 1 aromatic carbocycles. The lowest BCUT2D eigenvalue weighted by Crippen LogP contribution is -2.45. The van der Waals surface area contributed by atoms with E-state index < -0.39 is 0 Å². The van der Waals surface area contributed by atoms with Crippen LogP contribution in [0.4, 0.5) is 5.69 Å². The van der Waals surface area contributed by atoms with Gasteiger partial charge in [0.2, 0.25) is 5.91 Å². The molecule has 0 spiro atoms. The van der Waals surface area contributed by atoms with E-state index in [0.717, 1.165) is 80.5 Å². The first-order valence-electron chi connectivity index (χ1n) is 13.5. The van der Waals surface area contributed by atoms with Crippen LogP contribution in [0.3, 0.4) is 0 Å². The monoisotopic (exact) mass is 526 g/mol. The molecule has 2 amide bonds. The van der Waals surface area contributed by atoms with Crippen LogP contribution in [0.15, 0.2) is 23.0 Å². The lowest BCUT2D eigenvalue weighted by molar-refractivity contribution is -0.135. The molecule has 1 saturated carbocycles. The third kappa shape index (κ3) is 6.03. The summed E-state index contributed by atoms with van der Waals surface area (Å²) >= 11 is 6.47. The molecule has 2 fully saturated rings. The number of carbonyl (C=O) groups excluding carboxylic acids is 2. The quantitative estimate of drug-likeness (QED) is 0.459. The van der Waals surface area contributed by atoms with Crippen LogP contribution >= 0.6 is 11.6 Å². The second-order valence-electron chi connectivity index (χ2n) is 10.8. The van der Waals surface area contributed by atoms with Gasteiger partial charge in [-0.25, -0.2) is 0 Å². The predicted molar refractivity (Wildman–Crippen MR) is 148 cm³/mol. The maximum absolute atomic E-state index is 13.2. The molecule has 8 heteroatoms. The molecule has 2 heterocycles. The lowest BCUT2D eigenvalue weighted by atomic mass is 9.74. The number of amides is 2. The zero-order chi connectivity index (χ0) is 26.7.